The SMILES string of the molecule is COc1ccc2c(c1)c(C(C)=O)cn2CCN1CCCC1. The van der Waals surface area contributed by atoms with Crippen molar-refractivity contribution in [2.75, 3.05) is 26.7 Å². The number of ketones is 1. The van der Waals surface area contributed by atoms with Crippen molar-refractivity contribution in [1.82, 2.24) is 9.47 Å². The molecule has 0 amide bonds. The Morgan fingerprint density at radius 3 is 2.67 bits per heavy atom. The van der Waals surface area contributed by atoms with Crippen LogP contribution in [0.3, 0.4) is 0 Å². The van der Waals surface area contributed by atoms with Crippen LogP contribution in [-0.2, 0) is 6.54 Å². The molecule has 1 aliphatic heterocycles. The maximum absolute atomic E-state index is 11.9. The van der Waals surface area contributed by atoms with E-state index in [4.69, 9.17) is 4.74 Å². The van der Waals surface area contributed by atoms with E-state index >= 15 is 0 Å². The summed E-state index contributed by atoms with van der Waals surface area (Å²) in [7, 11) is 1.65. The van der Waals surface area contributed by atoms with Crippen molar-refractivity contribution in [3.05, 3.63) is 30.0 Å². The van der Waals surface area contributed by atoms with Gasteiger partial charge in [-0.2, -0.15) is 0 Å². The van der Waals surface area contributed by atoms with Crippen molar-refractivity contribution in [1.29, 1.82) is 0 Å². The number of ether oxygens (including phenoxy) is 1. The molecule has 0 aliphatic carbocycles. The van der Waals surface area contributed by atoms with Gasteiger partial charge in [-0.1, -0.05) is 0 Å². The fraction of sp³-hybridized carbons (Fsp3) is 0.471. The number of likely N-dealkylation sites (tertiary alicyclic amines) is 1. The molecule has 4 nitrogen and oxygen atoms in total. The van der Waals surface area contributed by atoms with Crippen molar-refractivity contribution in [2.24, 2.45) is 0 Å². The summed E-state index contributed by atoms with van der Waals surface area (Å²) in [6, 6.07) is 5.96. The number of hydrogen-bond donors (Lipinski definition) is 0. The summed E-state index contributed by atoms with van der Waals surface area (Å²) in [6.07, 6.45) is 4.60. The van der Waals surface area contributed by atoms with Gasteiger partial charge in [0.25, 0.3) is 0 Å². The van der Waals surface area contributed by atoms with Crippen LogP contribution < -0.4 is 4.74 Å². The van der Waals surface area contributed by atoms with Gasteiger partial charge >= 0.3 is 0 Å². The second-order valence-corrected chi connectivity index (χ2v) is 5.72. The number of Topliss-reactive ketones (excluding diaryl/α,β-unsaturated/α-hetero) is 1. The first-order valence-electron chi connectivity index (χ1n) is 7.59. The highest BCUT2D eigenvalue weighted by atomic mass is 16.5. The van der Waals surface area contributed by atoms with Gasteiger partial charge in [-0.25, -0.2) is 0 Å². The summed E-state index contributed by atoms with van der Waals surface area (Å²) in [6.45, 7) is 6.00. The summed E-state index contributed by atoms with van der Waals surface area (Å²) in [4.78, 5) is 14.4. The molecule has 2 aromatic rings. The average molecular weight is 286 g/mol. The second-order valence-electron chi connectivity index (χ2n) is 5.72. The summed E-state index contributed by atoms with van der Waals surface area (Å²) < 4.78 is 7.48. The zero-order valence-electron chi connectivity index (χ0n) is 12.8. The van der Waals surface area contributed by atoms with E-state index in [2.05, 4.69) is 9.47 Å². The lowest BCUT2D eigenvalue weighted by molar-refractivity contribution is 0.101. The van der Waals surface area contributed by atoms with Gasteiger partial charge in [0.15, 0.2) is 5.78 Å². The van der Waals surface area contributed by atoms with E-state index in [1.807, 2.05) is 24.4 Å². The molecular weight excluding hydrogens is 264 g/mol. The topological polar surface area (TPSA) is 34.5 Å². The fourth-order valence-corrected chi connectivity index (χ4v) is 3.12. The predicted octanol–water partition coefficient (Wildman–Crippen LogP) is 2.95. The largest absolute Gasteiger partial charge is 0.497 e. The Kier molecular flexibility index (Phi) is 3.97. The smallest absolute Gasteiger partial charge is 0.161 e. The van der Waals surface area contributed by atoms with Gasteiger partial charge in [0.1, 0.15) is 5.75 Å². The molecule has 4 heteroatoms. The third kappa shape index (κ3) is 2.81. The Labute approximate surface area is 125 Å². The number of aromatic nitrogens is 1. The van der Waals surface area contributed by atoms with Crippen molar-refractivity contribution in [3.8, 4) is 5.75 Å². The van der Waals surface area contributed by atoms with Crippen molar-refractivity contribution in [2.45, 2.75) is 26.3 Å². The second kappa shape index (κ2) is 5.90. The van der Waals surface area contributed by atoms with Crippen molar-refractivity contribution in [3.63, 3.8) is 0 Å². The van der Waals surface area contributed by atoms with E-state index in [-0.39, 0.29) is 5.78 Å². The van der Waals surface area contributed by atoms with Crippen LogP contribution in [-0.4, -0.2) is 42.0 Å². The number of hydrogen-bond acceptors (Lipinski definition) is 3. The van der Waals surface area contributed by atoms with Gasteiger partial charge in [0.2, 0.25) is 0 Å². The molecule has 0 unspecified atom stereocenters. The molecule has 0 spiro atoms. The molecule has 0 bridgehead atoms. The van der Waals surface area contributed by atoms with Crippen LogP contribution in [0.5, 0.6) is 5.75 Å². The van der Waals surface area contributed by atoms with Gasteiger partial charge < -0.3 is 14.2 Å². The Balaban J connectivity index is 1.92. The van der Waals surface area contributed by atoms with E-state index in [9.17, 15) is 4.79 Å². The number of nitrogens with zero attached hydrogens (tertiary/aromatic N) is 2. The van der Waals surface area contributed by atoms with Crippen LogP contribution in [0.2, 0.25) is 0 Å². The third-order valence-electron chi connectivity index (χ3n) is 4.32. The predicted molar refractivity (Wildman–Crippen MR) is 84.2 cm³/mol. The Morgan fingerprint density at radius 1 is 1.24 bits per heavy atom. The number of methoxy groups -OCH3 is 1. The lowest BCUT2D eigenvalue weighted by Gasteiger charge is -2.15. The lowest BCUT2D eigenvalue weighted by Crippen LogP contribution is -2.23. The first-order chi connectivity index (χ1) is 10.2. The summed E-state index contributed by atoms with van der Waals surface area (Å²) >= 11 is 0. The van der Waals surface area contributed by atoms with Crippen LogP contribution >= 0.6 is 0 Å². The number of fused-ring (bicyclic) bond motifs is 1. The molecule has 21 heavy (non-hydrogen) atoms. The molecule has 1 aliphatic rings. The molecule has 1 aromatic carbocycles. The Hall–Kier alpha value is -1.81. The summed E-state index contributed by atoms with van der Waals surface area (Å²) in [5, 5.41) is 0.989. The van der Waals surface area contributed by atoms with Gasteiger partial charge in [-0.3, -0.25) is 4.79 Å². The number of carbonyl (C=O) groups is 1. The molecule has 1 aromatic heterocycles. The van der Waals surface area contributed by atoms with E-state index < -0.39 is 0 Å². The summed E-state index contributed by atoms with van der Waals surface area (Å²) in [5.41, 5.74) is 1.89. The van der Waals surface area contributed by atoms with E-state index in [0.29, 0.717) is 0 Å². The normalized spacial score (nSPS) is 15.7. The lowest BCUT2D eigenvalue weighted by atomic mass is 10.1. The molecule has 0 radical (unpaired) electrons. The van der Waals surface area contributed by atoms with Crippen LogP contribution in [0.15, 0.2) is 24.4 Å². The molecule has 0 N–H and O–H groups in total. The monoisotopic (exact) mass is 286 g/mol. The first-order valence-corrected chi connectivity index (χ1v) is 7.59. The highest BCUT2D eigenvalue weighted by Gasteiger charge is 2.15. The van der Waals surface area contributed by atoms with Crippen LogP contribution in [0.25, 0.3) is 10.9 Å². The average Bonchev–Trinajstić information content (AvgIpc) is 3.11. The third-order valence-corrected chi connectivity index (χ3v) is 4.32. The standard InChI is InChI=1S/C17H22N2O2/c1-13(20)16-12-19(10-9-18-7-3-4-8-18)17-6-5-14(21-2)11-15(16)17/h5-6,11-12H,3-4,7-10H2,1-2H3. The Bertz CT molecular complexity index is 654. The van der Waals surface area contributed by atoms with E-state index in [0.717, 1.165) is 35.3 Å². The molecule has 1 fully saturated rings. The van der Waals surface area contributed by atoms with Crippen molar-refractivity contribution >= 4 is 16.7 Å². The van der Waals surface area contributed by atoms with Crippen molar-refractivity contribution < 1.29 is 9.53 Å². The molecule has 0 atom stereocenters. The first kappa shape index (κ1) is 14.1. The molecule has 2 heterocycles. The molecule has 0 saturated carbocycles. The molecule has 1 saturated heterocycles. The molecular formula is C17H22N2O2. The van der Waals surface area contributed by atoms with Crippen LogP contribution in [0, 0.1) is 0 Å². The highest BCUT2D eigenvalue weighted by molar-refractivity contribution is 6.07. The zero-order valence-corrected chi connectivity index (χ0v) is 12.8. The molecule has 112 valence electrons. The quantitative estimate of drug-likeness (QED) is 0.793. The van der Waals surface area contributed by atoms with Gasteiger partial charge in [0, 0.05) is 35.8 Å². The highest BCUT2D eigenvalue weighted by Crippen LogP contribution is 2.26. The maximum Gasteiger partial charge on any atom is 0.161 e. The molecule has 3 rings (SSSR count). The van der Waals surface area contributed by atoms with Crippen LogP contribution in [0.1, 0.15) is 30.1 Å². The maximum atomic E-state index is 11.9. The van der Waals surface area contributed by atoms with Gasteiger partial charge in [-0.15, -0.1) is 0 Å². The minimum Gasteiger partial charge on any atom is -0.497 e. The number of rotatable bonds is 5. The minimum absolute atomic E-state index is 0.105. The minimum atomic E-state index is 0.105. The van der Waals surface area contributed by atoms with E-state index in [1.54, 1.807) is 14.0 Å². The zero-order chi connectivity index (χ0) is 14.8. The van der Waals surface area contributed by atoms with E-state index in [1.165, 1.54) is 25.9 Å². The number of carbonyl (C=O) groups excluding carboxylic acids is 1. The summed E-state index contributed by atoms with van der Waals surface area (Å²) in [5.74, 6) is 0.899. The number of benzene rings is 1. The van der Waals surface area contributed by atoms with Gasteiger partial charge in [0.05, 0.1) is 7.11 Å². The Morgan fingerprint density at radius 2 is 2.00 bits per heavy atom. The van der Waals surface area contributed by atoms with Crippen LogP contribution in [0.4, 0.5) is 0 Å². The fourth-order valence-electron chi connectivity index (χ4n) is 3.12. The van der Waals surface area contributed by atoms with Gasteiger partial charge in [-0.05, 0) is 51.1 Å².